The molecule has 0 radical (unpaired) electrons. The molecule has 0 spiro atoms. The molecule has 1 N–H and O–H groups in total. The highest BCUT2D eigenvalue weighted by atomic mass is 32.2. The molecule has 1 aliphatic heterocycles. The minimum absolute atomic E-state index is 0.0496. The Morgan fingerprint density at radius 3 is 2.92 bits per heavy atom. The van der Waals surface area contributed by atoms with Crippen molar-refractivity contribution in [3.05, 3.63) is 47.8 Å². The number of hydrogen-bond acceptors (Lipinski definition) is 5. The lowest BCUT2D eigenvalue weighted by Gasteiger charge is -2.13. The quantitative estimate of drug-likeness (QED) is 0.790. The predicted octanol–water partition coefficient (Wildman–Crippen LogP) is 2.26. The van der Waals surface area contributed by atoms with Crippen LogP contribution in [0.1, 0.15) is 17.2 Å². The van der Waals surface area contributed by atoms with E-state index in [9.17, 15) is 8.42 Å². The van der Waals surface area contributed by atoms with E-state index in [2.05, 4.69) is 15.4 Å². The highest BCUT2D eigenvalue weighted by Crippen LogP contribution is 2.35. The third-order valence-corrected chi connectivity index (χ3v) is 6.44. The molecule has 24 heavy (non-hydrogen) atoms. The van der Waals surface area contributed by atoms with Gasteiger partial charge < -0.3 is 5.32 Å². The normalized spacial score (nSPS) is 18.7. The fraction of sp³-hybridized carbons (Fsp3) is 0.294. The number of aryl methyl sites for hydroxylation is 2. The molecule has 2 aromatic heterocycles. The first-order valence-electron chi connectivity index (χ1n) is 7.81. The van der Waals surface area contributed by atoms with Gasteiger partial charge in [0.15, 0.2) is 15.5 Å². The Bertz CT molecular complexity index is 1040. The molecule has 1 atom stereocenters. The van der Waals surface area contributed by atoms with E-state index in [1.807, 2.05) is 32.2 Å². The Kier molecular flexibility index (Phi) is 3.35. The van der Waals surface area contributed by atoms with Crippen LogP contribution in [0.4, 0.5) is 5.69 Å². The zero-order chi connectivity index (χ0) is 16.9. The first kappa shape index (κ1) is 15.1. The van der Waals surface area contributed by atoms with Crippen molar-refractivity contribution in [2.24, 2.45) is 7.05 Å². The summed E-state index contributed by atoms with van der Waals surface area (Å²) in [6.45, 7) is 2.51. The number of nitrogens with one attached hydrogen (secondary N) is 1. The zero-order valence-corrected chi connectivity index (χ0v) is 14.3. The average molecular weight is 342 g/mol. The van der Waals surface area contributed by atoms with Gasteiger partial charge in [0.1, 0.15) is 0 Å². The second-order valence-corrected chi connectivity index (χ2v) is 8.17. The number of hydrogen-bond donors (Lipinski definition) is 1. The van der Waals surface area contributed by atoms with E-state index in [1.165, 1.54) is 0 Å². The molecule has 0 bridgehead atoms. The third kappa shape index (κ3) is 2.27. The predicted molar refractivity (Wildman–Crippen MR) is 93.0 cm³/mol. The van der Waals surface area contributed by atoms with E-state index in [4.69, 9.17) is 0 Å². The number of anilines is 1. The molecule has 4 rings (SSSR count). The SMILES string of the molecule is Cc1nn(C)c2nccc(NC[C@H]3CS(=O)(=O)c4ccccc43)c12. The molecule has 124 valence electrons. The number of benzene rings is 1. The summed E-state index contributed by atoms with van der Waals surface area (Å²) in [5, 5.41) is 8.79. The lowest BCUT2D eigenvalue weighted by molar-refractivity contribution is 0.598. The summed E-state index contributed by atoms with van der Waals surface area (Å²) < 4.78 is 26.3. The molecule has 0 unspecified atom stereocenters. The molecule has 6 nitrogen and oxygen atoms in total. The molecule has 0 aliphatic carbocycles. The second kappa shape index (κ2) is 5.31. The Balaban J connectivity index is 1.66. The smallest absolute Gasteiger partial charge is 0.179 e. The Labute approximate surface area is 140 Å². The molecule has 7 heteroatoms. The molecule has 0 fully saturated rings. The van der Waals surface area contributed by atoms with Gasteiger partial charge in [0.2, 0.25) is 0 Å². The van der Waals surface area contributed by atoms with Gasteiger partial charge in [0, 0.05) is 31.4 Å². The van der Waals surface area contributed by atoms with E-state index in [-0.39, 0.29) is 11.7 Å². The average Bonchev–Trinajstić information content (AvgIpc) is 3.00. The van der Waals surface area contributed by atoms with E-state index in [1.54, 1.807) is 23.0 Å². The van der Waals surface area contributed by atoms with Crippen LogP contribution in [-0.4, -0.2) is 35.5 Å². The molecule has 0 saturated carbocycles. The second-order valence-electron chi connectivity index (χ2n) is 6.16. The van der Waals surface area contributed by atoms with Crippen molar-refractivity contribution in [1.82, 2.24) is 14.8 Å². The highest BCUT2D eigenvalue weighted by molar-refractivity contribution is 7.91. The van der Waals surface area contributed by atoms with Crippen LogP contribution in [0.3, 0.4) is 0 Å². The van der Waals surface area contributed by atoms with E-state index < -0.39 is 9.84 Å². The van der Waals surface area contributed by atoms with Crippen molar-refractivity contribution in [3.63, 3.8) is 0 Å². The number of fused-ring (bicyclic) bond motifs is 2. The summed E-state index contributed by atoms with van der Waals surface area (Å²) in [5.41, 5.74) is 3.56. The number of rotatable bonds is 3. The molecule has 0 amide bonds. The summed E-state index contributed by atoms with van der Waals surface area (Å²) in [4.78, 5) is 4.83. The number of sulfone groups is 1. The summed E-state index contributed by atoms with van der Waals surface area (Å²) >= 11 is 0. The van der Waals surface area contributed by atoms with Gasteiger partial charge in [-0.05, 0) is 24.6 Å². The van der Waals surface area contributed by atoms with Crippen LogP contribution >= 0.6 is 0 Å². The third-order valence-electron chi connectivity index (χ3n) is 4.55. The van der Waals surface area contributed by atoms with E-state index >= 15 is 0 Å². The van der Waals surface area contributed by atoms with Crippen LogP contribution < -0.4 is 5.32 Å². The molecule has 0 saturated heterocycles. The molecule has 1 aromatic carbocycles. The van der Waals surface area contributed by atoms with Crippen molar-refractivity contribution in [3.8, 4) is 0 Å². The largest absolute Gasteiger partial charge is 0.384 e. The van der Waals surface area contributed by atoms with Gasteiger partial charge in [0.25, 0.3) is 0 Å². The highest BCUT2D eigenvalue weighted by Gasteiger charge is 2.34. The molecule has 3 heterocycles. The first-order chi connectivity index (χ1) is 11.5. The van der Waals surface area contributed by atoms with Gasteiger partial charge in [0.05, 0.1) is 21.7 Å². The van der Waals surface area contributed by atoms with Gasteiger partial charge in [-0.1, -0.05) is 18.2 Å². The molecular weight excluding hydrogens is 324 g/mol. The van der Waals surface area contributed by atoms with Crippen LogP contribution in [-0.2, 0) is 16.9 Å². The van der Waals surface area contributed by atoms with Gasteiger partial charge in [-0.25, -0.2) is 13.4 Å². The number of aromatic nitrogens is 3. The minimum atomic E-state index is -3.17. The standard InChI is InChI=1S/C17H18N4O2S/c1-11-16-14(7-8-18-17(16)21(2)20-11)19-9-12-10-24(22,23)15-6-4-3-5-13(12)15/h3-8,12H,9-10H2,1-2H3,(H,18,19)/t12-/m0/s1. The molecule has 1 aliphatic rings. The fourth-order valence-electron chi connectivity index (χ4n) is 3.47. The van der Waals surface area contributed by atoms with Gasteiger partial charge >= 0.3 is 0 Å². The summed E-state index contributed by atoms with van der Waals surface area (Å²) in [7, 11) is -1.31. The summed E-state index contributed by atoms with van der Waals surface area (Å²) in [6, 6.07) is 9.18. The maximum Gasteiger partial charge on any atom is 0.179 e. The first-order valence-corrected chi connectivity index (χ1v) is 9.46. The molecular formula is C17H18N4O2S. The van der Waals surface area contributed by atoms with Gasteiger partial charge in [-0.3, -0.25) is 4.68 Å². The Morgan fingerprint density at radius 1 is 1.29 bits per heavy atom. The van der Waals surface area contributed by atoms with Crippen LogP contribution in [0.25, 0.3) is 11.0 Å². The maximum atomic E-state index is 12.3. The van der Waals surface area contributed by atoms with Crippen LogP contribution in [0, 0.1) is 6.92 Å². The summed E-state index contributed by atoms with van der Waals surface area (Å²) in [6.07, 6.45) is 1.74. The van der Waals surface area contributed by atoms with Crippen molar-refractivity contribution in [1.29, 1.82) is 0 Å². The van der Waals surface area contributed by atoms with E-state index in [0.29, 0.717) is 11.4 Å². The van der Waals surface area contributed by atoms with Crippen molar-refractivity contribution in [2.75, 3.05) is 17.6 Å². The lowest BCUT2D eigenvalue weighted by Crippen LogP contribution is -2.14. The number of pyridine rings is 1. The maximum absolute atomic E-state index is 12.3. The minimum Gasteiger partial charge on any atom is -0.384 e. The Morgan fingerprint density at radius 2 is 2.08 bits per heavy atom. The van der Waals surface area contributed by atoms with Crippen LogP contribution in [0.5, 0.6) is 0 Å². The van der Waals surface area contributed by atoms with Gasteiger partial charge in [-0.15, -0.1) is 0 Å². The van der Waals surface area contributed by atoms with Crippen molar-refractivity contribution >= 4 is 26.6 Å². The zero-order valence-electron chi connectivity index (χ0n) is 13.5. The number of nitrogens with zero attached hydrogens (tertiary/aromatic N) is 3. The van der Waals surface area contributed by atoms with E-state index in [0.717, 1.165) is 28.0 Å². The molecule has 3 aromatic rings. The van der Waals surface area contributed by atoms with Crippen LogP contribution in [0.2, 0.25) is 0 Å². The van der Waals surface area contributed by atoms with Crippen LogP contribution in [0.15, 0.2) is 41.4 Å². The van der Waals surface area contributed by atoms with Crippen molar-refractivity contribution < 1.29 is 8.42 Å². The monoisotopic (exact) mass is 342 g/mol. The lowest BCUT2D eigenvalue weighted by atomic mass is 10.0. The summed E-state index contributed by atoms with van der Waals surface area (Å²) in [5.74, 6) is 0.103. The Hall–Kier alpha value is -2.41. The van der Waals surface area contributed by atoms with Crippen molar-refractivity contribution in [2.45, 2.75) is 17.7 Å². The topological polar surface area (TPSA) is 76.9 Å². The van der Waals surface area contributed by atoms with Gasteiger partial charge in [-0.2, -0.15) is 5.10 Å². The fourth-order valence-corrected chi connectivity index (χ4v) is 5.36.